The molecule has 1 N–H and O–H groups in total. The van der Waals surface area contributed by atoms with Crippen LogP contribution in [-0.4, -0.2) is 31.4 Å². The fourth-order valence-electron chi connectivity index (χ4n) is 1.37. The van der Waals surface area contributed by atoms with Crippen LogP contribution in [0, 0.1) is 0 Å². The van der Waals surface area contributed by atoms with Crippen molar-refractivity contribution in [3.63, 3.8) is 0 Å². The highest BCUT2D eigenvalue weighted by Crippen LogP contribution is 2.10. The maximum Gasteiger partial charge on any atom is 0.225 e. The molecular formula is C13H20N2O. The first-order valence-corrected chi connectivity index (χ1v) is 5.65. The van der Waals surface area contributed by atoms with Gasteiger partial charge in [0.2, 0.25) is 5.91 Å². The molecule has 0 aliphatic heterocycles. The summed E-state index contributed by atoms with van der Waals surface area (Å²) in [4.78, 5) is 13.5. The van der Waals surface area contributed by atoms with Crippen LogP contribution in [0.25, 0.3) is 0 Å². The van der Waals surface area contributed by atoms with Gasteiger partial charge in [0, 0.05) is 18.7 Å². The zero-order valence-corrected chi connectivity index (χ0v) is 10.3. The normalized spacial score (nSPS) is 10.5. The Hall–Kier alpha value is -1.35. The van der Waals surface area contributed by atoms with E-state index in [2.05, 4.69) is 12.2 Å². The summed E-state index contributed by atoms with van der Waals surface area (Å²) in [5.41, 5.74) is 2.16. The maximum atomic E-state index is 11.5. The molecule has 0 unspecified atom stereocenters. The van der Waals surface area contributed by atoms with Crippen LogP contribution < -0.4 is 5.32 Å². The number of amides is 1. The lowest BCUT2D eigenvalue weighted by molar-refractivity contribution is -0.116. The second kappa shape index (κ2) is 6.28. The molecule has 0 heterocycles. The first kappa shape index (κ1) is 12.7. The number of nitrogens with one attached hydrogen (secondary N) is 1. The molecule has 0 fully saturated rings. The van der Waals surface area contributed by atoms with Gasteiger partial charge in [0.15, 0.2) is 0 Å². The Kier molecular flexibility index (Phi) is 4.99. The summed E-state index contributed by atoms with van der Waals surface area (Å²) >= 11 is 0. The highest BCUT2D eigenvalue weighted by molar-refractivity contribution is 5.90. The van der Waals surface area contributed by atoms with Crippen molar-refractivity contribution in [3.05, 3.63) is 29.8 Å². The van der Waals surface area contributed by atoms with Crippen LogP contribution in [0.5, 0.6) is 0 Å². The Labute approximate surface area is 97.5 Å². The van der Waals surface area contributed by atoms with E-state index in [0.29, 0.717) is 6.42 Å². The Morgan fingerprint density at radius 3 is 2.38 bits per heavy atom. The summed E-state index contributed by atoms with van der Waals surface area (Å²) in [6, 6.07) is 7.99. The quantitative estimate of drug-likeness (QED) is 0.824. The van der Waals surface area contributed by atoms with Gasteiger partial charge in [0.05, 0.1) is 0 Å². The van der Waals surface area contributed by atoms with Crippen molar-refractivity contribution >= 4 is 11.6 Å². The van der Waals surface area contributed by atoms with Gasteiger partial charge in [0.1, 0.15) is 0 Å². The fraction of sp³-hybridized carbons (Fsp3) is 0.462. The average Bonchev–Trinajstić information content (AvgIpc) is 2.27. The SMILES string of the molecule is CCc1ccc(NC(=O)CCN(C)C)cc1. The number of carbonyl (C=O) groups excluding carboxylic acids is 1. The molecule has 0 aromatic heterocycles. The van der Waals surface area contributed by atoms with Gasteiger partial charge in [-0.1, -0.05) is 19.1 Å². The van der Waals surface area contributed by atoms with Gasteiger partial charge in [-0.25, -0.2) is 0 Å². The van der Waals surface area contributed by atoms with Gasteiger partial charge in [-0.2, -0.15) is 0 Å². The van der Waals surface area contributed by atoms with Gasteiger partial charge >= 0.3 is 0 Å². The molecule has 88 valence electrons. The van der Waals surface area contributed by atoms with Crippen molar-refractivity contribution in [1.82, 2.24) is 4.90 Å². The number of benzene rings is 1. The second-order valence-corrected chi connectivity index (χ2v) is 4.15. The van der Waals surface area contributed by atoms with E-state index in [0.717, 1.165) is 18.7 Å². The molecule has 3 nitrogen and oxygen atoms in total. The van der Waals surface area contributed by atoms with Gasteiger partial charge in [-0.05, 0) is 38.2 Å². The number of carbonyl (C=O) groups is 1. The number of hydrogen-bond acceptors (Lipinski definition) is 2. The van der Waals surface area contributed by atoms with Gasteiger partial charge in [0.25, 0.3) is 0 Å². The number of rotatable bonds is 5. The van der Waals surface area contributed by atoms with Crippen molar-refractivity contribution in [2.75, 3.05) is 26.0 Å². The van der Waals surface area contributed by atoms with E-state index >= 15 is 0 Å². The molecule has 0 aliphatic carbocycles. The van der Waals surface area contributed by atoms with E-state index in [-0.39, 0.29) is 5.91 Å². The first-order valence-electron chi connectivity index (χ1n) is 5.65. The third-order valence-corrected chi connectivity index (χ3v) is 2.43. The van der Waals surface area contributed by atoms with E-state index in [1.54, 1.807) is 0 Å². The Morgan fingerprint density at radius 1 is 1.25 bits per heavy atom. The molecule has 1 rings (SSSR count). The Balaban J connectivity index is 2.43. The predicted molar refractivity (Wildman–Crippen MR) is 67.6 cm³/mol. The van der Waals surface area contributed by atoms with E-state index in [9.17, 15) is 4.79 Å². The molecule has 0 saturated carbocycles. The molecule has 0 bridgehead atoms. The average molecular weight is 220 g/mol. The van der Waals surface area contributed by atoms with Crippen molar-refractivity contribution < 1.29 is 4.79 Å². The standard InChI is InChI=1S/C13H20N2O/c1-4-11-5-7-12(8-6-11)14-13(16)9-10-15(2)3/h5-8H,4,9-10H2,1-3H3,(H,14,16). The van der Waals surface area contributed by atoms with E-state index in [4.69, 9.17) is 0 Å². The monoisotopic (exact) mass is 220 g/mol. The van der Waals surface area contributed by atoms with Crippen LogP contribution in [0.15, 0.2) is 24.3 Å². The molecule has 16 heavy (non-hydrogen) atoms. The predicted octanol–water partition coefficient (Wildman–Crippen LogP) is 2.14. The summed E-state index contributed by atoms with van der Waals surface area (Å²) in [7, 11) is 3.92. The summed E-state index contributed by atoms with van der Waals surface area (Å²) < 4.78 is 0. The molecule has 0 spiro atoms. The molecule has 1 aromatic rings. The third kappa shape index (κ3) is 4.45. The topological polar surface area (TPSA) is 32.3 Å². The molecule has 3 heteroatoms. The zero-order valence-electron chi connectivity index (χ0n) is 10.3. The number of aryl methyl sites for hydroxylation is 1. The van der Waals surface area contributed by atoms with Crippen molar-refractivity contribution in [2.45, 2.75) is 19.8 Å². The lowest BCUT2D eigenvalue weighted by atomic mass is 10.1. The molecule has 0 atom stereocenters. The van der Waals surface area contributed by atoms with Crippen LogP contribution >= 0.6 is 0 Å². The molecule has 0 saturated heterocycles. The number of anilines is 1. The number of nitrogens with zero attached hydrogens (tertiary/aromatic N) is 1. The van der Waals surface area contributed by atoms with Crippen LogP contribution in [0.3, 0.4) is 0 Å². The van der Waals surface area contributed by atoms with Crippen LogP contribution in [0.4, 0.5) is 5.69 Å². The lowest BCUT2D eigenvalue weighted by Crippen LogP contribution is -2.20. The summed E-state index contributed by atoms with van der Waals surface area (Å²) in [6.45, 7) is 2.89. The minimum absolute atomic E-state index is 0.0675. The maximum absolute atomic E-state index is 11.5. The molecule has 0 radical (unpaired) electrons. The third-order valence-electron chi connectivity index (χ3n) is 2.43. The zero-order chi connectivity index (χ0) is 12.0. The minimum atomic E-state index is 0.0675. The van der Waals surface area contributed by atoms with Gasteiger partial charge in [-0.3, -0.25) is 4.79 Å². The van der Waals surface area contributed by atoms with Crippen molar-refractivity contribution in [1.29, 1.82) is 0 Å². The number of hydrogen-bond donors (Lipinski definition) is 1. The largest absolute Gasteiger partial charge is 0.326 e. The highest BCUT2D eigenvalue weighted by Gasteiger charge is 2.02. The van der Waals surface area contributed by atoms with Crippen molar-refractivity contribution in [3.8, 4) is 0 Å². The minimum Gasteiger partial charge on any atom is -0.326 e. The summed E-state index contributed by atoms with van der Waals surface area (Å²) in [6.07, 6.45) is 1.55. The van der Waals surface area contributed by atoms with Gasteiger partial charge in [-0.15, -0.1) is 0 Å². The smallest absolute Gasteiger partial charge is 0.225 e. The lowest BCUT2D eigenvalue weighted by Gasteiger charge is -2.09. The van der Waals surface area contributed by atoms with Crippen molar-refractivity contribution in [2.24, 2.45) is 0 Å². The Morgan fingerprint density at radius 2 is 1.88 bits per heavy atom. The van der Waals surface area contributed by atoms with Crippen LogP contribution in [0.2, 0.25) is 0 Å². The van der Waals surface area contributed by atoms with Crippen LogP contribution in [0.1, 0.15) is 18.9 Å². The van der Waals surface area contributed by atoms with E-state index in [1.807, 2.05) is 43.3 Å². The highest BCUT2D eigenvalue weighted by atomic mass is 16.1. The van der Waals surface area contributed by atoms with Crippen LogP contribution in [-0.2, 0) is 11.2 Å². The first-order chi connectivity index (χ1) is 7.61. The fourth-order valence-corrected chi connectivity index (χ4v) is 1.37. The molecule has 0 aliphatic rings. The molecule has 1 amide bonds. The van der Waals surface area contributed by atoms with E-state index in [1.165, 1.54) is 5.56 Å². The summed E-state index contributed by atoms with van der Waals surface area (Å²) in [5.74, 6) is 0.0675. The summed E-state index contributed by atoms with van der Waals surface area (Å²) in [5, 5.41) is 2.88. The van der Waals surface area contributed by atoms with Gasteiger partial charge < -0.3 is 10.2 Å². The molecular weight excluding hydrogens is 200 g/mol. The Bertz CT molecular complexity index is 330. The second-order valence-electron chi connectivity index (χ2n) is 4.15. The van der Waals surface area contributed by atoms with E-state index < -0.39 is 0 Å². The molecule has 1 aromatic carbocycles.